The molecule has 0 fully saturated rings. The Bertz CT molecular complexity index is 1700. The van der Waals surface area contributed by atoms with Crippen LogP contribution in [0.4, 0.5) is 0 Å². The van der Waals surface area contributed by atoms with E-state index in [9.17, 15) is 9.59 Å². The Morgan fingerprint density at radius 2 is 1.03 bits per heavy atom. The first-order chi connectivity index (χ1) is 18.0. The van der Waals surface area contributed by atoms with Gasteiger partial charge in [-0.3, -0.25) is 0 Å². The molecule has 38 heavy (non-hydrogen) atoms. The number of ether oxygens (including phenoxy) is 4. The number of hydrogen-bond acceptors (Lipinski definition) is 8. The van der Waals surface area contributed by atoms with E-state index < -0.39 is 22.5 Å². The third-order valence-electron chi connectivity index (χ3n) is 6.72. The summed E-state index contributed by atoms with van der Waals surface area (Å²) in [5.41, 5.74) is -0.434. The lowest BCUT2D eigenvalue weighted by Crippen LogP contribution is -2.28. The van der Waals surface area contributed by atoms with Crippen LogP contribution in [0.15, 0.2) is 54.8 Å². The second-order valence-electron chi connectivity index (χ2n) is 10.5. The summed E-state index contributed by atoms with van der Waals surface area (Å²) in [6.07, 6.45) is 7.47. The molecular weight excluding hydrogens is 488 g/mol. The van der Waals surface area contributed by atoms with Crippen LogP contribution in [0.5, 0.6) is 23.0 Å². The van der Waals surface area contributed by atoms with Gasteiger partial charge in [0.15, 0.2) is 23.0 Å². The molecule has 0 amide bonds. The fourth-order valence-corrected chi connectivity index (χ4v) is 4.85. The molecule has 2 aliphatic heterocycles. The highest BCUT2D eigenvalue weighted by Gasteiger charge is 2.30. The maximum atomic E-state index is 13.2. The van der Waals surface area contributed by atoms with Crippen molar-refractivity contribution >= 4 is 34.1 Å². The van der Waals surface area contributed by atoms with Crippen LogP contribution in [0.1, 0.15) is 38.8 Å². The summed E-state index contributed by atoms with van der Waals surface area (Å²) in [6, 6.07) is 6.66. The van der Waals surface area contributed by atoms with Crippen LogP contribution in [-0.2, 0) is 0 Å². The SMILES string of the molecule is COc1cc2cc(-c3cc4cc(OC)c5c(c4oc3=O)C=CC(C)(C)O5)c(=O)oc2c2c1OC(C)(C)C=C2. The van der Waals surface area contributed by atoms with E-state index in [4.69, 9.17) is 27.8 Å². The van der Waals surface area contributed by atoms with Crippen LogP contribution in [0, 0.1) is 0 Å². The molecule has 2 aromatic heterocycles. The third-order valence-corrected chi connectivity index (χ3v) is 6.72. The molecule has 8 nitrogen and oxygen atoms in total. The Kier molecular flexibility index (Phi) is 5.04. The van der Waals surface area contributed by atoms with E-state index in [1.165, 1.54) is 0 Å². The summed E-state index contributed by atoms with van der Waals surface area (Å²) in [4.78, 5) is 26.4. The summed E-state index contributed by atoms with van der Waals surface area (Å²) >= 11 is 0. The monoisotopic (exact) mass is 514 g/mol. The Labute approximate surface area is 217 Å². The normalized spacial score (nSPS) is 16.5. The lowest BCUT2D eigenvalue weighted by Gasteiger charge is -2.29. The van der Waals surface area contributed by atoms with Gasteiger partial charge in [-0.25, -0.2) is 9.59 Å². The predicted octanol–water partition coefficient (Wildman–Crippen LogP) is 5.95. The molecule has 0 atom stereocenters. The van der Waals surface area contributed by atoms with Crippen LogP contribution in [0.25, 0.3) is 45.2 Å². The smallest absolute Gasteiger partial charge is 0.344 e. The van der Waals surface area contributed by atoms with Crippen molar-refractivity contribution in [1.29, 1.82) is 0 Å². The van der Waals surface area contributed by atoms with E-state index in [-0.39, 0.29) is 11.1 Å². The molecule has 0 bridgehead atoms. The molecule has 4 heterocycles. The number of methoxy groups -OCH3 is 2. The molecule has 6 rings (SSSR count). The fourth-order valence-electron chi connectivity index (χ4n) is 4.85. The van der Waals surface area contributed by atoms with E-state index >= 15 is 0 Å². The van der Waals surface area contributed by atoms with Crippen LogP contribution < -0.4 is 30.2 Å². The summed E-state index contributed by atoms with van der Waals surface area (Å²) < 4.78 is 34.8. The van der Waals surface area contributed by atoms with Crippen molar-refractivity contribution in [1.82, 2.24) is 0 Å². The van der Waals surface area contributed by atoms with E-state index in [0.29, 0.717) is 56.1 Å². The molecule has 194 valence electrons. The maximum Gasteiger partial charge on any atom is 0.344 e. The first kappa shape index (κ1) is 23.9. The number of hydrogen-bond donors (Lipinski definition) is 0. The Morgan fingerprint density at radius 1 is 0.632 bits per heavy atom. The van der Waals surface area contributed by atoms with Gasteiger partial charge in [-0.05, 0) is 76.3 Å². The minimum absolute atomic E-state index is 0.0702. The molecule has 2 aromatic carbocycles. The average molecular weight is 515 g/mol. The maximum absolute atomic E-state index is 13.2. The van der Waals surface area contributed by atoms with Crippen molar-refractivity contribution in [2.24, 2.45) is 0 Å². The molecular formula is C30H26O8. The first-order valence-corrected chi connectivity index (χ1v) is 12.1. The van der Waals surface area contributed by atoms with Crippen LogP contribution >= 0.6 is 0 Å². The van der Waals surface area contributed by atoms with Crippen molar-refractivity contribution in [3.05, 3.63) is 68.4 Å². The molecule has 8 heteroatoms. The van der Waals surface area contributed by atoms with Gasteiger partial charge < -0.3 is 27.8 Å². The molecule has 0 saturated heterocycles. The van der Waals surface area contributed by atoms with Gasteiger partial charge in [-0.15, -0.1) is 0 Å². The van der Waals surface area contributed by atoms with Gasteiger partial charge in [-0.1, -0.05) is 0 Å². The average Bonchev–Trinajstić information content (AvgIpc) is 2.86. The lowest BCUT2D eigenvalue weighted by atomic mass is 9.98. The standard InChI is InChI=1S/C30H26O8/c1-29(2)9-7-17-23-15(13-21(33-5)25(17)37-29)11-19(27(31)35-23)20-12-16-14-22(34-6)26-18(24(16)36-28(20)32)8-10-30(3,4)38-26/h7-14H,1-6H3. The number of benzene rings is 2. The molecule has 0 unspecified atom stereocenters. The second kappa shape index (κ2) is 8.02. The highest BCUT2D eigenvalue weighted by molar-refractivity contribution is 5.96. The van der Waals surface area contributed by atoms with Gasteiger partial charge >= 0.3 is 11.3 Å². The molecule has 0 spiro atoms. The predicted molar refractivity (Wildman–Crippen MR) is 145 cm³/mol. The van der Waals surface area contributed by atoms with Crippen LogP contribution in [0.2, 0.25) is 0 Å². The topological polar surface area (TPSA) is 97.3 Å². The van der Waals surface area contributed by atoms with Gasteiger partial charge in [-0.2, -0.15) is 0 Å². The van der Waals surface area contributed by atoms with Crippen molar-refractivity contribution in [3.63, 3.8) is 0 Å². The van der Waals surface area contributed by atoms with Crippen molar-refractivity contribution in [2.45, 2.75) is 38.9 Å². The first-order valence-electron chi connectivity index (χ1n) is 12.1. The van der Waals surface area contributed by atoms with E-state index in [1.807, 2.05) is 52.0 Å². The largest absolute Gasteiger partial charge is 0.493 e. The highest BCUT2D eigenvalue weighted by Crippen LogP contribution is 2.45. The van der Waals surface area contributed by atoms with Gasteiger partial charge in [0.05, 0.1) is 36.5 Å². The molecule has 0 aliphatic carbocycles. The third kappa shape index (κ3) is 3.67. The number of rotatable bonds is 3. The Balaban J connectivity index is 1.57. The second-order valence-corrected chi connectivity index (χ2v) is 10.5. The van der Waals surface area contributed by atoms with Crippen molar-refractivity contribution < 1.29 is 27.8 Å². The summed E-state index contributed by atoms with van der Waals surface area (Å²) in [5.74, 6) is 1.95. The zero-order chi connectivity index (χ0) is 27.0. The van der Waals surface area contributed by atoms with Crippen LogP contribution in [-0.4, -0.2) is 25.4 Å². The summed E-state index contributed by atoms with van der Waals surface area (Å²) in [5, 5.41) is 1.15. The minimum Gasteiger partial charge on any atom is -0.493 e. The quantitative estimate of drug-likeness (QED) is 0.309. The Hall–Kier alpha value is -4.46. The van der Waals surface area contributed by atoms with Gasteiger partial charge in [0.1, 0.15) is 22.4 Å². The van der Waals surface area contributed by atoms with Crippen molar-refractivity contribution in [2.75, 3.05) is 14.2 Å². The highest BCUT2D eigenvalue weighted by atomic mass is 16.5. The van der Waals surface area contributed by atoms with Gasteiger partial charge in [0, 0.05) is 10.8 Å². The minimum atomic E-state index is -0.676. The van der Waals surface area contributed by atoms with E-state index in [2.05, 4.69) is 0 Å². The van der Waals surface area contributed by atoms with Gasteiger partial charge in [0.2, 0.25) is 0 Å². The molecule has 2 aliphatic rings. The lowest BCUT2D eigenvalue weighted by molar-refractivity contribution is 0.152. The summed E-state index contributed by atoms with van der Waals surface area (Å²) in [6.45, 7) is 7.68. The molecule has 0 saturated carbocycles. The van der Waals surface area contributed by atoms with E-state index in [1.54, 1.807) is 38.5 Å². The van der Waals surface area contributed by atoms with Gasteiger partial charge in [0.25, 0.3) is 0 Å². The fraction of sp³-hybridized carbons (Fsp3) is 0.267. The Morgan fingerprint density at radius 3 is 1.39 bits per heavy atom. The zero-order valence-corrected chi connectivity index (χ0v) is 21.9. The zero-order valence-electron chi connectivity index (χ0n) is 21.9. The number of fused-ring (bicyclic) bond motifs is 6. The molecule has 0 radical (unpaired) electrons. The van der Waals surface area contributed by atoms with Crippen LogP contribution in [0.3, 0.4) is 0 Å². The molecule has 4 aromatic rings. The molecule has 0 N–H and O–H groups in total. The van der Waals surface area contributed by atoms with E-state index in [0.717, 1.165) is 0 Å². The van der Waals surface area contributed by atoms with Crippen molar-refractivity contribution in [3.8, 4) is 34.1 Å². The summed E-state index contributed by atoms with van der Waals surface area (Å²) in [7, 11) is 3.09.